The molecule has 0 saturated heterocycles. The van der Waals surface area contributed by atoms with E-state index >= 15 is 0 Å². The molecular formula is C18H19F3N4O3S. The third kappa shape index (κ3) is 4.84. The number of benzene rings is 1. The number of imidazole rings is 1. The van der Waals surface area contributed by atoms with Gasteiger partial charge in [-0.05, 0) is 29.9 Å². The molecule has 2 heterocycles. The molecule has 7 nitrogen and oxygen atoms in total. The van der Waals surface area contributed by atoms with Gasteiger partial charge in [0.05, 0.1) is 6.33 Å². The molecule has 0 aliphatic rings. The molecule has 0 fully saturated rings. The SMILES string of the molecule is Cn1cnc2c1c(=O)n(CCCSCc1ccc(OC(F)(F)F)cc1)c(=O)n2C. The monoisotopic (exact) mass is 428 g/mol. The number of fused-ring (bicyclic) bond motifs is 1. The Bertz CT molecular complexity index is 1120. The highest BCUT2D eigenvalue weighted by molar-refractivity contribution is 7.98. The van der Waals surface area contributed by atoms with Crippen LogP contribution in [0.1, 0.15) is 12.0 Å². The Kier molecular flexibility index (Phi) is 6.06. The molecule has 0 bridgehead atoms. The van der Waals surface area contributed by atoms with E-state index in [4.69, 9.17) is 0 Å². The molecular weight excluding hydrogens is 409 g/mol. The molecule has 3 rings (SSSR count). The number of aromatic nitrogens is 4. The van der Waals surface area contributed by atoms with Crippen molar-refractivity contribution < 1.29 is 17.9 Å². The molecule has 156 valence electrons. The second kappa shape index (κ2) is 8.36. The van der Waals surface area contributed by atoms with Gasteiger partial charge in [0.2, 0.25) is 0 Å². The zero-order chi connectivity index (χ0) is 21.2. The minimum atomic E-state index is -4.70. The van der Waals surface area contributed by atoms with Crippen molar-refractivity contribution in [1.29, 1.82) is 0 Å². The second-order valence-corrected chi connectivity index (χ2v) is 7.53. The van der Waals surface area contributed by atoms with E-state index in [1.807, 2.05) is 0 Å². The molecule has 3 aromatic rings. The lowest BCUT2D eigenvalue weighted by atomic mass is 10.2. The summed E-state index contributed by atoms with van der Waals surface area (Å²) in [5, 5.41) is 0. The van der Waals surface area contributed by atoms with Crippen molar-refractivity contribution in [3.63, 3.8) is 0 Å². The van der Waals surface area contributed by atoms with Crippen LogP contribution in [0.2, 0.25) is 0 Å². The van der Waals surface area contributed by atoms with Crippen molar-refractivity contribution in [1.82, 2.24) is 18.7 Å². The lowest BCUT2D eigenvalue weighted by Gasteiger charge is -2.10. The fraction of sp³-hybridized carbons (Fsp3) is 0.389. The number of thioether (sulfide) groups is 1. The van der Waals surface area contributed by atoms with E-state index in [0.717, 1.165) is 5.56 Å². The Morgan fingerprint density at radius 2 is 1.83 bits per heavy atom. The van der Waals surface area contributed by atoms with E-state index < -0.39 is 12.1 Å². The first kappa shape index (κ1) is 21.0. The largest absolute Gasteiger partial charge is 0.573 e. The van der Waals surface area contributed by atoms with Gasteiger partial charge >= 0.3 is 12.1 Å². The maximum absolute atomic E-state index is 12.6. The molecule has 0 aliphatic heterocycles. The molecule has 2 aromatic heterocycles. The summed E-state index contributed by atoms with van der Waals surface area (Å²) in [5.74, 6) is 1.02. The molecule has 0 spiro atoms. The molecule has 29 heavy (non-hydrogen) atoms. The first-order valence-corrected chi connectivity index (χ1v) is 9.86. The lowest BCUT2D eigenvalue weighted by molar-refractivity contribution is -0.274. The van der Waals surface area contributed by atoms with Crippen LogP contribution in [0.25, 0.3) is 11.2 Å². The van der Waals surface area contributed by atoms with E-state index in [-0.39, 0.29) is 17.9 Å². The highest BCUT2D eigenvalue weighted by Crippen LogP contribution is 2.24. The van der Waals surface area contributed by atoms with Gasteiger partial charge in [0.1, 0.15) is 5.75 Å². The van der Waals surface area contributed by atoms with E-state index in [0.29, 0.717) is 29.1 Å². The van der Waals surface area contributed by atoms with Gasteiger partial charge in [0, 0.05) is 26.4 Å². The number of nitrogens with zero attached hydrogens (tertiary/aromatic N) is 4. The topological polar surface area (TPSA) is 71.1 Å². The van der Waals surface area contributed by atoms with Crippen LogP contribution < -0.4 is 16.0 Å². The van der Waals surface area contributed by atoms with Crippen LogP contribution in [-0.2, 0) is 26.4 Å². The standard InChI is InChI=1S/C18H19F3N4O3S/c1-23-11-22-15-14(23)16(26)25(17(27)24(15)2)8-3-9-29-10-12-4-6-13(7-5-12)28-18(19,20)21/h4-7,11H,3,8-10H2,1-2H3. The summed E-state index contributed by atoms with van der Waals surface area (Å²) in [5.41, 5.74) is 0.806. The van der Waals surface area contributed by atoms with E-state index in [2.05, 4.69) is 9.72 Å². The predicted molar refractivity (Wildman–Crippen MR) is 104 cm³/mol. The first-order valence-electron chi connectivity index (χ1n) is 8.70. The molecule has 0 saturated carbocycles. The number of alkyl halides is 3. The van der Waals surface area contributed by atoms with Gasteiger partial charge in [0.25, 0.3) is 5.56 Å². The summed E-state index contributed by atoms with van der Waals surface area (Å²) in [6.45, 7) is 0.276. The number of halogens is 3. The van der Waals surface area contributed by atoms with Gasteiger partial charge in [-0.15, -0.1) is 13.2 Å². The number of hydrogen-bond donors (Lipinski definition) is 0. The van der Waals surface area contributed by atoms with Crippen LogP contribution in [0, 0.1) is 0 Å². The summed E-state index contributed by atoms with van der Waals surface area (Å²) < 4.78 is 44.5. The zero-order valence-electron chi connectivity index (χ0n) is 15.8. The molecule has 0 atom stereocenters. The molecule has 11 heteroatoms. The van der Waals surface area contributed by atoms with Gasteiger partial charge < -0.3 is 9.30 Å². The van der Waals surface area contributed by atoms with Crippen molar-refractivity contribution in [2.24, 2.45) is 14.1 Å². The number of hydrogen-bond acceptors (Lipinski definition) is 5. The number of rotatable bonds is 7. The smallest absolute Gasteiger partial charge is 0.406 e. The van der Waals surface area contributed by atoms with Crippen molar-refractivity contribution in [3.8, 4) is 5.75 Å². The summed E-state index contributed by atoms with van der Waals surface area (Å²) >= 11 is 1.56. The van der Waals surface area contributed by atoms with Gasteiger partial charge in [-0.25, -0.2) is 9.78 Å². The minimum absolute atomic E-state index is 0.257. The predicted octanol–water partition coefficient (Wildman–Crippen LogP) is 2.66. The summed E-state index contributed by atoms with van der Waals surface area (Å²) in [7, 11) is 3.28. The van der Waals surface area contributed by atoms with E-state index in [9.17, 15) is 22.8 Å². The normalized spacial score (nSPS) is 11.9. The molecule has 1 aromatic carbocycles. The maximum Gasteiger partial charge on any atom is 0.573 e. The Morgan fingerprint density at radius 3 is 2.48 bits per heavy atom. The number of ether oxygens (including phenoxy) is 1. The fourth-order valence-corrected chi connectivity index (χ4v) is 3.80. The first-order chi connectivity index (χ1) is 13.7. The van der Waals surface area contributed by atoms with Crippen LogP contribution in [0.5, 0.6) is 5.75 Å². The fourth-order valence-electron chi connectivity index (χ4n) is 2.90. The minimum Gasteiger partial charge on any atom is -0.406 e. The average molecular weight is 428 g/mol. The highest BCUT2D eigenvalue weighted by Gasteiger charge is 2.30. The summed E-state index contributed by atoms with van der Waals surface area (Å²) in [4.78, 5) is 29.1. The summed E-state index contributed by atoms with van der Waals surface area (Å²) in [6, 6.07) is 5.70. The molecule has 0 aliphatic carbocycles. The summed E-state index contributed by atoms with van der Waals surface area (Å²) in [6.07, 6.45) is -2.61. The third-order valence-corrected chi connectivity index (χ3v) is 5.41. The quantitative estimate of drug-likeness (QED) is 0.541. The van der Waals surface area contributed by atoms with Crippen LogP contribution >= 0.6 is 11.8 Å². The van der Waals surface area contributed by atoms with Crippen LogP contribution in [0.4, 0.5) is 13.2 Å². The molecule has 0 N–H and O–H groups in total. The Labute approximate surface area is 167 Å². The Balaban J connectivity index is 1.56. The van der Waals surface area contributed by atoms with Crippen LogP contribution in [0.3, 0.4) is 0 Å². The molecule has 0 unspecified atom stereocenters. The van der Waals surface area contributed by atoms with Gasteiger partial charge in [-0.2, -0.15) is 11.8 Å². The van der Waals surface area contributed by atoms with Crippen LogP contribution in [0.15, 0.2) is 40.2 Å². The molecule has 0 radical (unpaired) electrons. The zero-order valence-corrected chi connectivity index (χ0v) is 16.6. The van der Waals surface area contributed by atoms with Gasteiger partial charge in [-0.3, -0.25) is 13.9 Å². The Hall–Kier alpha value is -2.69. The van der Waals surface area contributed by atoms with Crippen molar-refractivity contribution in [2.45, 2.75) is 25.1 Å². The van der Waals surface area contributed by atoms with E-state index in [1.165, 1.54) is 27.6 Å². The Morgan fingerprint density at radius 1 is 1.14 bits per heavy atom. The number of aryl methyl sites for hydroxylation is 2. The maximum atomic E-state index is 12.6. The highest BCUT2D eigenvalue weighted by atomic mass is 32.2. The van der Waals surface area contributed by atoms with Gasteiger partial charge in [-0.1, -0.05) is 12.1 Å². The average Bonchev–Trinajstić information content (AvgIpc) is 3.04. The van der Waals surface area contributed by atoms with E-state index in [1.54, 1.807) is 42.6 Å². The third-order valence-electron chi connectivity index (χ3n) is 4.30. The molecule has 0 amide bonds. The van der Waals surface area contributed by atoms with Crippen LogP contribution in [-0.4, -0.2) is 30.8 Å². The lowest BCUT2D eigenvalue weighted by Crippen LogP contribution is -2.39. The van der Waals surface area contributed by atoms with Gasteiger partial charge in [0.15, 0.2) is 11.2 Å². The second-order valence-electron chi connectivity index (χ2n) is 6.42. The van der Waals surface area contributed by atoms with Crippen molar-refractivity contribution in [3.05, 3.63) is 57.0 Å². The van der Waals surface area contributed by atoms with Crippen molar-refractivity contribution >= 4 is 22.9 Å². The van der Waals surface area contributed by atoms with Crippen molar-refractivity contribution in [2.75, 3.05) is 5.75 Å².